The van der Waals surface area contributed by atoms with Gasteiger partial charge in [0.05, 0.1) is 13.2 Å². The van der Waals surface area contributed by atoms with Crippen LogP contribution in [0.2, 0.25) is 0 Å². The third-order valence-electron chi connectivity index (χ3n) is 3.60. The minimum Gasteiger partial charge on any atom is -0.463 e. The Morgan fingerprint density at radius 2 is 1.91 bits per heavy atom. The van der Waals surface area contributed by atoms with Crippen LogP contribution >= 0.6 is 0 Å². The van der Waals surface area contributed by atoms with Crippen LogP contribution in [-0.2, 0) is 19.6 Å². The average Bonchev–Trinajstić information content (AvgIpc) is 3.04. The summed E-state index contributed by atoms with van der Waals surface area (Å²) in [6, 6.07) is 1.44. The molecule has 1 aromatic rings. The van der Waals surface area contributed by atoms with Crippen LogP contribution in [0.5, 0.6) is 0 Å². The number of furan rings is 1. The van der Waals surface area contributed by atoms with Crippen molar-refractivity contribution >= 4 is 21.9 Å². The first-order valence-electron chi connectivity index (χ1n) is 7.34. The van der Waals surface area contributed by atoms with Gasteiger partial charge in [0.15, 0.2) is 0 Å². The molecule has 0 radical (unpaired) electrons. The number of likely N-dealkylation sites (tertiary alicyclic amines) is 1. The summed E-state index contributed by atoms with van der Waals surface area (Å²) < 4.78 is 36.2. The summed E-state index contributed by atoms with van der Waals surface area (Å²) in [5.41, 5.74) is 0. The van der Waals surface area contributed by atoms with Crippen molar-refractivity contribution in [3.8, 4) is 0 Å². The highest BCUT2D eigenvalue weighted by molar-refractivity contribution is 7.89. The number of piperidine rings is 1. The van der Waals surface area contributed by atoms with E-state index in [1.165, 1.54) is 13.0 Å². The second kappa shape index (κ2) is 7.14. The molecule has 9 heteroatoms. The van der Waals surface area contributed by atoms with E-state index in [1.807, 2.05) is 0 Å². The first kappa shape index (κ1) is 17.5. The molecule has 0 unspecified atom stereocenters. The van der Waals surface area contributed by atoms with E-state index >= 15 is 0 Å². The normalized spacial score (nSPS) is 16.9. The first-order valence-corrected chi connectivity index (χ1v) is 8.83. The zero-order chi connectivity index (χ0) is 17.0. The number of methoxy groups -OCH3 is 1. The van der Waals surface area contributed by atoms with Crippen molar-refractivity contribution < 1.29 is 27.2 Å². The van der Waals surface area contributed by atoms with Gasteiger partial charge >= 0.3 is 5.97 Å². The Morgan fingerprint density at radius 1 is 1.26 bits per heavy atom. The third kappa shape index (κ3) is 4.11. The molecule has 8 nitrogen and oxygen atoms in total. The number of ether oxygens (including phenoxy) is 1. The lowest BCUT2D eigenvalue weighted by molar-refractivity contribution is -0.133. The highest BCUT2D eigenvalue weighted by Gasteiger charge is 2.29. The van der Waals surface area contributed by atoms with Crippen molar-refractivity contribution in [2.75, 3.05) is 20.2 Å². The Labute approximate surface area is 134 Å². The standard InChI is InChI=1S/C14H20N2O6S/c1-10(13(17)16-8-4-3-5-9-16)15-23(19,20)12-7-6-11(22-12)14(18)21-2/h6-7,10,15H,3-5,8-9H2,1-2H3/t10-/m1/s1. The van der Waals surface area contributed by atoms with Crippen molar-refractivity contribution in [2.45, 2.75) is 37.3 Å². The quantitative estimate of drug-likeness (QED) is 0.790. The van der Waals surface area contributed by atoms with Crippen LogP contribution in [0.1, 0.15) is 36.7 Å². The molecule has 1 saturated heterocycles. The number of hydrogen-bond acceptors (Lipinski definition) is 6. The van der Waals surface area contributed by atoms with Crippen LogP contribution in [0.15, 0.2) is 21.6 Å². The zero-order valence-electron chi connectivity index (χ0n) is 13.1. The van der Waals surface area contributed by atoms with Crippen LogP contribution < -0.4 is 4.72 Å². The van der Waals surface area contributed by atoms with Crippen molar-refractivity contribution in [3.05, 3.63) is 17.9 Å². The number of rotatable bonds is 5. The predicted octanol–water partition coefficient (Wildman–Crippen LogP) is 0.745. The number of carbonyl (C=O) groups excluding carboxylic acids is 2. The molecular formula is C14H20N2O6S. The molecule has 1 fully saturated rings. The van der Waals surface area contributed by atoms with E-state index in [0.29, 0.717) is 13.1 Å². The van der Waals surface area contributed by atoms with Gasteiger partial charge in [-0.1, -0.05) is 0 Å². The molecule has 1 aromatic heterocycles. The smallest absolute Gasteiger partial charge is 0.374 e. The minimum absolute atomic E-state index is 0.220. The molecule has 0 bridgehead atoms. The molecule has 1 aliphatic rings. The van der Waals surface area contributed by atoms with E-state index < -0.39 is 27.1 Å². The molecule has 1 aliphatic heterocycles. The highest BCUT2D eigenvalue weighted by atomic mass is 32.2. The van der Waals surface area contributed by atoms with Crippen molar-refractivity contribution in [3.63, 3.8) is 0 Å². The van der Waals surface area contributed by atoms with Crippen LogP contribution in [0.4, 0.5) is 0 Å². The van der Waals surface area contributed by atoms with Gasteiger partial charge in [0, 0.05) is 13.1 Å². The highest BCUT2D eigenvalue weighted by Crippen LogP contribution is 2.16. The molecular weight excluding hydrogens is 324 g/mol. The zero-order valence-corrected chi connectivity index (χ0v) is 13.9. The maximum Gasteiger partial charge on any atom is 0.374 e. The fourth-order valence-electron chi connectivity index (χ4n) is 2.40. The summed E-state index contributed by atoms with van der Waals surface area (Å²) in [4.78, 5) is 25.2. The fourth-order valence-corrected chi connectivity index (χ4v) is 3.53. The van der Waals surface area contributed by atoms with Crippen LogP contribution in [-0.4, -0.2) is 51.4 Å². The maximum absolute atomic E-state index is 12.3. The van der Waals surface area contributed by atoms with Gasteiger partial charge in [-0.3, -0.25) is 4.79 Å². The Balaban J connectivity index is 2.06. The van der Waals surface area contributed by atoms with E-state index in [2.05, 4.69) is 9.46 Å². The summed E-state index contributed by atoms with van der Waals surface area (Å²) in [6.07, 6.45) is 2.92. The predicted molar refractivity (Wildman–Crippen MR) is 80.3 cm³/mol. The molecule has 2 heterocycles. The van der Waals surface area contributed by atoms with Gasteiger partial charge in [-0.2, -0.15) is 4.72 Å². The molecule has 0 saturated carbocycles. The first-order chi connectivity index (χ1) is 10.8. The second-order valence-corrected chi connectivity index (χ2v) is 6.98. The van der Waals surface area contributed by atoms with Gasteiger partial charge in [0.1, 0.15) is 0 Å². The van der Waals surface area contributed by atoms with E-state index in [1.54, 1.807) is 4.90 Å². The number of sulfonamides is 1. The lowest BCUT2D eigenvalue weighted by Gasteiger charge is -2.29. The lowest BCUT2D eigenvalue weighted by atomic mass is 10.1. The summed E-state index contributed by atoms with van der Waals surface area (Å²) in [7, 11) is -2.87. The average molecular weight is 344 g/mol. The summed E-state index contributed by atoms with van der Waals surface area (Å²) in [6.45, 7) is 2.76. The van der Waals surface area contributed by atoms with Crippen LogP contribution in [0.25, 0.3) is 0 Å². The van der Waals surface area contributed by atoms with Gasteiger partial charge < -0.3 is 14.1 Å². The van der Waals surface area contributed by atoms with E-state index in [4.69, 9.17) is 4.42 Å². The second-order valence-electron chi connectivity index (χ2n) is 5.34. The number of nitrogens with zero attached hydrogens (tertiary/aromatic N) is 1. The van der Waals surface area contributed by atoms with Crippen LogP contribution in [0, 0.1) is 0 Å². The van der Waals surface area contributed by atoms with E-state index in [9.17, 15) is 18.0 Å². The van der Waals surface area contributed by atoms with Gasteiger partial charge in [0.2, 0.25) is 16.8 Å². The Hall–Kier alpha value is -1.87. The third-order valence-corrected chi connectivity index (χ3v) is 5.02. The number of amides is 1. The Kier molecular flexibility index (Phi) is 5.42. The van der Waals surface area contributed by atoms with Gasteiger partial charge in [-0.05, 0) is 38.3 Å². The topological polar surface area (TPSA) is 106 Å². The van der Waals surface area contributed by atoms with Crippen LogP contribution in [0.3, 0.4) is 0 Å². The molecule has 128 valence electrons. The molecule has 1 N–H and O–H groups in total. The number of hydrogen-bond donors (Lipinski definition) is 1. The van der Waals surface area contributed by atoms with Gasteiger partial charge in [0.25, 0.3) is 10.0 Å². The summed E-state index contributed by atoms with van der Waals surface area (Å²) in [5.74, 6) is -1.26. The molecule has 0 aromatic carbocycles. The largest absolute Gasteiger partial charge is 0.463 e. The molecule has 0 aliphatic carbocycles. The number of esters is 1. The Morgan fingerprint density at radius 3 is 2.52 bits per heavy atom. The maximum atomic E-state index is 12.3. The summed E-state index contributed by atoms with van der Waals surface area (Å²) in [5, 5.41) is -0.434. The molecule has 23 heavy (non-hydrogen) atoms. The van der Waals surface area contributed by atoms with E-state index in [-0.39, 0.29) is 11.7 Å². The SMILES string of the molecule is COC(=O)c1ccc(S(=O)(=O)N[C@H](C)C(=O)N2CCCCC2)o1. The summed E-state index contributed by atoms with van der Waals surface area (Å²) >= 11 is 0. The monoisotopic (exact) mass is 344 g/mol. The molecule has 1 amide bonds. The lowest BCUT2D eigenvalue weighted by Crippen LogP contribution is -2.48. The van der Waals surface area contributed by atoms with E-state index in [0.717, 1.165) is 32.4 Å². The van der Waals surface area contributed by atoms with Crippen molar-refractivity contribution in [1.29, 1.82) is 0 Å². The number of carbonyl (C=O) groups is 2. The van der Waals surface area contributed by atoms with Crippen molar-refractivity contribution in [1.82, 2.24) is 9.62 Å². The van der Waals surface area contributed by atoms with Gasteiger partial charge in [-0.15, -0.1) is 0 Å². The number of nitrogens with one attached hydrogen (secondary N) is 1. The minimum atomic E-state index is -4.04. The Bertz CT molecular complexity index is 675. The molecule has 1 atom stereocenters. The van der Waals surface area contributed by atoms with Gasteiger partial charge in [-0.25, -0.2) is 13.2 Å². The van der Waals surface area contributed by atoms with Crippen molar-refractivity contribution in [2.24, 2.45) is 0 Å². The fraction of sp³-hybridized carbons (Fsp3) is 0.571. The molecule has 2 rings (SSSR count). The molecule has 0 spiro atoms.